The van der Waals surface area contributed by atoms with E-state index in [-0.39, 0.29) is 34.3 Å². The van der Waals surface area contributed by atoms with Crippen LogP contribution in [0.2, 0.25) is 0 Å². The van der Waals surface area contributed by atoms with Crippen molar-refractivity contribution < 1.29 is 29.6 Å². The fraction of sp³-hybridized carbons (Fsp3) is 1.00. The van der Waals surface area contributed by atoms with Crippen molar-refractivity contribution in [2.75, 3.05) is 0 Å². The minimum absolute atomic E-state index is 0. The Morgan fingerprint density at radius 1 is 1.17 bits per heavy atom. The molecule has 0 rings (SSSR count). The van der Waals surface area contributed by atoms with E-state index in [4.69, 9.17) is 0 Å². The largest absolute Gasteiger partial charge is 1.00 e. The molecule has 6 heavy (non-hydrogen) atoms. The van der Waals surface area contributed by atoms with Crippen molar-refractivity contribution in [3.63, 3.8) is 0 Å². The van der Waals surface area contributed by atoms with Gasteiger partial charge in [0, 0.05) is 4.75 Å². The molecule has 0 saturated heterocycles. The van der Waals surface area contributed by atoms with Crippen LogP contribution in [-0.2, 0) is 0 Å². The number of hydrogen-bond donors (Lipinski definition) is 1. The zero-order chi connectivity index (χ0) is 4.50. The van der Waals surface area contributed by atoms with Crippen molar-refractivity contribution >= 4 is 12.6 Å². The molecule has 0 saturated carbocycles. The molecule has 2 heteroatoms. The molecule has 0 nitrogen and oxygen atoms in total. The molecular formula is C4H10NaS+. The monoisotopic (exact) mass is 113 g/mol. The zero-order valence-electron chi connectivity index (χ0n) is 4.95. The average molecular weight is 113 g/mol. The standard InChI is InChI=1S/C4H10S.Na/c1-4(2,3)5;/h5H,1-3H3;/q;+1. The molecule has 0 heterocycles. The molecule has 0 spiro atoms. The van der Waals surface area contributed by atoms with E-state index >= 15 is 0 Å². The SMILES string of the molecule is CC(C)(C)S.[Na+]. The van der Waals surface area contributed by atoms with E-state index in [1.807, 2.05) is 0 Å². The van der Waals surface area contributed by atoms with Crippen LogP contribution in [0.25, 0.3) is 0 Å². The van der Waals surface area contributed by atoms with Gasteiger partial charge in [0.2, 0.25) is 0 Å². The summed E-state index contributed by atoms with van der Waals surface area (Å²) in [6, 6.07) is 0. The quantitative estimate of drug-likeness (QED) is 0.293. The normalized spacial score (nSPS) is 10.0. The number of thiol groups is 1. The first-order valence-electron chi connectivity index (χ1n) is 1.72. The molecule has 0 aromatic rings. The number of hydrogen-bond acceptors (Lipinski definition) is 1. The molecule has 0 aliphatic rings. The van der Waals surface area contributed by atoms with Gasteiger partial charge in [-0.05, 0) is 0 Å². The van der Waals surface area contributed by atoms with Gasteiger partial charge in [-0.25, -0.2) is 0 Å². The molecule has 0 fully saturated rings. The average Bonchev–Trinajstić information content (AvgIpc) is 0.722. The molecule has 0 aromatic carbocycles. The van der Waals surface area contributed by atoms with Crippen LogP contribution in [0.1, 0.15) is 20.8 Å². The second-order valence-electron chi connectivity index (χ2n) is 2.17. The molecule has 0 aromatic heterocycles. The minimum atomic E-state index is 0. The maximum atomic E-state index is 4.12. The summed E-state index contributed by atoms with van der Waals surface area (Å²) in [5, 5.41) is 0. The predicted molar refractivity (Wildman–Crippen MR) is 28.7 cm³/mol. The van der Waals surface area contributed by atoms with Crippen LogP contribution in [0.3, 0.4) is 0 Å². The number of rotatable bonds is 0. The zero-order valence-corrected chi connectivity index (χ0v) is 7.84. The van der Waals surface area contributed by atoms with E-state index in [1.165, 1.54) is 0 Å². The van der Waals surface area contributed by atoms with Crippen molar-refractivity contribution in [2.24, 2.45) is 0 Å². The van der Waals surface area contributed by atoms with Crippen LogP contribution in [0, 0.1) is 0 Å². The van der Waals surface area contributed by atoms with E-state index < -0.39 is 0 Å². The Hall–Kier alpha value is 1.35. The van der Waals surface area contributed by atoms with Crippen LogP contribution >= 0.6 is 12.6 Å². The fourth-order valence-electron chi connectivity index (χ4n) is 0. The summed E-state index contributed by atoms with van der Waals surface area (Å²) < 4.78 is 0.194. The summed E-state index contributed by atoms with van der Waals surface area (Å²) in [7, 11) is 0. The maximum Gasteiger partial charge on any atom is 1.00 e. The van der Waals surface area contributed by atoms with Gasteiger partial charge in [-0.1, -0.05) is 20.8 Å². The van der Waals surface area contributed by atoms with Gasteiger partial charge in [0.1, 0.15) is 0 Å². The molecule has 0 radical (unpaired) electrons. The van der Waals surface area contributed by atoms with Crippen LogP contribution in [0.15, 0.2) is 0 Å². The van der Waals surface area contributed by atoms with Crippen molar-refractivity contribution in [3.8, 4) is 0 Å². The van der Waals surface area contributed by atoms with Crippen molar-refractivity contribution in [2.45, 2.75) is 25.5 Å². The molecule has 0 atom stereocenters. The van der Waals surface area contributed by atoms with Crippen LogP contribution in [-0.4, -0.2) is 4.75 Å². The Morgan fingerprint density at radius 3 is 1.17 bits per heavy atom. The fourth-order valence-corrected chi connectivity index (χ4v) is 0. The summed E-state index contributed by atoms with van der Waals surface area (Å²) in [4.78, 5) is 0. The topological polar surface area (TPSA) is 0 Å². The predicted octanol–water partition coefficient (Wildman–Crippen LogP) is -1.28. The van der Waals surface area contributed by atoms with Crippen molar-refractivity contribution in [1.29, 1.82) is 0 Å². The molecule has 0 unspecified atom stereocenters. The summed E-state index contributed by atoms with van der Waals surface area (Å²) in [6.07, 6.45) is 0. The molecule has 32 valence electrons. The maximum absolute atomic E-state index is 4.12. The molecule has 0 N–H and O–H groups in total. The molecule has 0 bridgehead atoms. The second-order valence-corrected chi connectivity index (χ2v) is 3.51. The molecular weight excluding hydrogens is 103 g/mol. The van der Waals surface area contributed by atoms with E-state index in [0.29, 0.717) is 0 Å². The first kappa shape index (κ1) is 10.4. The Balaban J connectivity index is 0. The van der Waals surface area contributed by atoms with Gasteiger partial charge in [0.15, 0.2) is 0 Å². The van der Waals surface area contributed by atoms with Gasteiger partial charge in [0.25, 0.3) is 0 Å². The minimum Gasteiger partial charge on any atom is -0.173 e. The first-order valence-corrected chi connectivity index (χ1v) is 2.17. The Labute approximate surface area is 67.4 Å². The summed E-state index contributed by atoms with van der Waals surface area (Å²) >= 11 is 4.12. The van der Waals surface area contributed by atoms with Gasteiger partial charge in [-0.15, -0.1) is 0 Å². The Kier molecular flexibility index (Phi) is 5.81. The summed E-state index contributed by atoms with van der Waals surface area (Å²) in [6.45, 7) is 6.16. The first-order chi connectivity index (χ1) is 2.00. The Bertz CT molecular complexity index is 23.0. The van der Waals surface area contributed by atoms with Crippen LogP contribution < -0.4 is 29.6 Å². The van der Waals surface area contributed by atoms with Crippen molar-refractivity contribution in [1.82, 2.24) is 0 Å². The third-order valence-electron chi connectivity index (χ3n) is 0. The molecule has 0 aliphatic heterocycles. The van der Waals surface area contributed by atoms with E-state index in [0.717, 1.165) is 0 Å². The smallest absolute Gasteiger partial charge is 0.173 e. The van der Waals surface area contributed by atoms with Crippen molar-refractivity contribution in [3.05, 3.63) is 0 Å². The molecule has 0 amide bonds. The van der Waals surface area contributed by atoms with E-state index in [9.17, 15) is 0 Å². The van der Waals surface area contributed by atoms with Gasteiger partial charge in [0.05, 0.1) is 0 Å². The van der Waals surface area contributed by atoms with Crippen LogP contribution in [0.5, 0.6) is 0 Å². The van der Waals surface area contributed by atoms with Gasteiger partial charge in [-0.3, -0.25) is 0 Å². The van der Waals surface area contributed by atoms with E-state index in [1.54, 1.807) is 0 Å². The third kappa shape index (κ3) is 55.5. The third-order valence-corrected chi connectivity index (χ3v) is 0. The summed E-state index contributed by atoms with van der Waals surface area (Å²) in [5.74, 6) is 0. The van der Waals surface area contributed by atoms with Crippen LogP contribution in [0.4, 0.5) is 0 Å². The van der Waals surface area contributed by atoms with Gasteiger partial charge >= 0.3 is 29.6 Å². The second kappa shape index (κ2) is 3.36. The van der Waals surface area contributed by atoms with Gasteiger partial charge in [-0.2, -0.15) is 12.6 Å². The molecule has 0 aliphatic carbocycles. The summed E-state index contributed by atoms with van der Waals surface area (Å²) in [5.41, 5.74) is 0. The van der Waals surface area contributed by atoms with Gasteiger partial charge < -0.3 is 0 Å². The van der Waals surface area contributed by atoms with E-state index in [2.05, 4.69) is 33.4 Å². The Morgan fingerprint density at radius 2 is 1.17 bits per heavy atom.